The van der Waals surface area contributed by atoms with Crippen LogP contribution in [0, 0.1) is 0 Å². The van der Waals surface area contributed by atoms with E-state index in [1.807, 2.05) is 18.3 Å². The summed E-state index contributed by atoms with van der Waals surface area (Å²) in [6.07, 6.45) is 2.03. The molecule has 0 bridgehead atoms. The first-order chi connectivity index (χ1) is 7.47. The molecule has 0 radical (unpaired) electrons. The summed E-state index contributed by atoms with van der Waals surface area (Å²) < 4.78 is 3.00. The highest BCUT2D eigenvalue weighted by atomic mass is 79.9. The Morgan fingerprint density at radius 3 is 2.81 bits per heavy atom. The molecule has 4 heteroatoms. The van der Waals surface area contributed by atoms with Crippen LogP contribution in [0.1, 0.15) is 26.6 Å². The van der Waals surface area contributed by atoms with Gasteiger partial charge >= 0.3 is 0 Å². The molecule has 3 nitrogen and oxygen atoms in total. The minimum absolute atomic E-state index is 0.104. The van der Waals surface area contributed by atoms with E-state index in [1.54, 1.807) is 0 Å². The van der Waals surface area contributed by atoms with Gasteiger partial charge in [0.25, 0.3) is 0 Å². The quantitative estimate of drug-likeness (QED) is 0.917. The molecular formula is C12H16BrN3. The van der Waals surface area contributed by atoms with E-state index in [4.69, 9.17) is 0 Å². The molecule has 86 valence electrons. The molecule has 2 rings (SSSR count). The summed E-state index contributed by atoms with van der Waals surface area (Å²) in [7, 11) is 0. The zero-order chi connectivity index (χ0) is 11.8. The SMILES string of the molecule is CC(C)(C)NCc1nc(Br)c2ccccn12. The van der Waals surface area contributed by atoms with Crippen molar-refractivity contribution in [1.82, 2.24) is 14.7 Å². The van der Waals surface area contributed by atoms with Crippen LogP contribution in [0.5, 0.6) is 0 Å². The van der Waals surface area contributed by atoms with Crippen LogP contribution in [0.2, 0.25) is 0 Å². The average molecular weight is 282 g/mol. The van der Waals surface area contributed by atoms with E-state index in [9.17, 15) is 0 Å². The predicted octanol–water partition coefficient (Wildman–Crippen LogP) is 2.98. The van der Waals surface area contributed by atoms with Gasteiger partial charge in [-0.05, 0) is 48.8 Å². The van der Waals surface area contributed by atoms with Crippen LogP contribution in [0.4, 0.5) is 0 Å². The van der Waals surface area contributed by atoms with E-state index in [0.717, 1.165) is 22.5 Å². The van der Waals surface area contributed by atoms with Gasteiger partial charge in [0, 0.05) is 11.7 Å². The number of rotatable bonds is 2. The number of hydrogen-bond donors (Lipinski definition) is 1. The molecule has 0 aliphatic carbocycles. The Labute approximate surface area is 104 Å². The van der Waals surface area contributed by atoms with Crippen molar-refractivity contribution in [2.75, 3.05) is 0 Å². The summed E-state index contributed by atoms with van der Waals surface area (Å²) in [6, 6.07) is 6.09. The Morgan fingerprint density at radius 2 is 2.12 bits per heavy atom. The smallest absolute Gasteiger partial charge is 0.132 e. The molecule has 0 fully saturated rings. The minimum Gasteiger partial charge on any atom is -0.305 e. The van der Waals surface area contributed by atoms with Gasteiger partial charge in [-0.15, -0.1) is 0 Å². The highest BCUT2D eigenvalue weighted by Crippen LogP contribution is 2.18. The van der Waals surface area contributed by atoms with Crippen molar-refractivity contribution in [3.8, 4) is 0 Å². The topological polar surface area (TPSA) is 29.3 Å². The number of nitrogens with zero attached hydrogens (tertiary/aromatic N) is 2. The number of hydrogen-bond acceptors (Lipinski definition) is 2. The first-order valence-corrected chi connectivity index (χ1v) is 6.13. The summed E-state index contributed by atoms with van der Waals surface area (Å²) in [5.74, 6) is 1.03. The second kappa shape index (κ2) is 4.18. The third-order valence-corrected chi connectivity index (χ3v) is 2.94. The second-order valence-electron chi connectivity index (χ2n) is 4.88. The lowest BCUT2D eigenvalue weighted by atomic mass is 10.1. The van der Waals surface area contributed by atoms with Crippen molar-refractivity contribution in [2.45, 2.75) is 32.9 Å². The van der Waals surface area contributed by atoms with Crippen molar-refractivity contribution >= 4 is 21.4 Å². The summed E-state index contributed by atoms with van der Waals surface area (Å²) in [4.78, 5) is 4.51. The van der Waals surface area contributed by atoms with Gasteiger partial charge in [-0.2, -0.15) is 0 Å². The van der Waals surface area contributed by atoms with Crippen LogP contribution in [0.15, 0.2) is 29.0 Å². The molecule has 0 unspecified atom stereocenters. The van der Waals surface area contributed by atoms with Crippen LogP contribution in [0.25, 0.3) is 5.52 Å². The molecular weight excluding hydrogens is 266 g/mol. The van der Waals surface area contributed by atoms with Crippen molar-refractivity contribution in [2.24, 2.45) is 0 Å². The Bertz CT molecular complexity index is 496. The van der Waals surface area contributed by atoms with E-state index < -0.39 is 0 Å². The van der Waals surface area contributed by atoms with Gasteiger partial charge in [-0.25, -0.2) is 4.98 Å². The molecule has 1 N–H and O–H groups in total. The number of fused-ring (bicyclic) bond motifs is 1. The molecule has 0 spiro atoms. The fourth-order valence-corrected chi connectivity index (χ4v) is 2.06. The molecule has 0 atom stereocenters. The molecule has 0 aromatic carbocycles. The van der Waals surface area contributed by atoms with E-state index in [2.05, 4.69) is 57.5 Å². The first kappa shape index (κ1) is 11.6. The van der Waals surface area contributed by atoms with Crippen LogP contribution in [-0.2, 0) is 6.54 Å². The lowest BCUT2D eigenvalue weighted by Gasteiger charge is -2.19. The molecule has 0 saturated heterocycles. The van der Waals surface area contributed by atoms with E-state index >= 15 is 0 Å². The molecule has 0 amide bonds. The van der Waals surface area contributed by atoms with Crippen molar-refractivity contribution < 1.29 is 0 Å². The maximum Gasteiger partial charge on any atom is 0.132 e. The summed E-state index contributed by atoms with van der Waals surface area (Å²) in [5, 5.41) is 3.44. The van der Waals surface area contributed by atoms with E-state index in [1.165, 1.54) is 0 Å². The van der Waals surface area contributed by atoms with Crippen LogP contribution in [0.3, 0.4) is 0 Å². The third kappa shape index (κ3) is 2.44. The standard InChI is InChI=1S/C12H16BrN3/c1-12(2,3)14-8-10-15-11(13)9-6-4-5-7-16(9)10/h4-7,14H,8H2,1-3H3. The van der Waals surface area contributed by atoms with Crippen molar-refractivity contribution in [1.29, 1.82) is 0 Å². The van der Waals surface area contributed by atoms with Crippen LogP contribution >= 0.6 is 15.9 Å². The van der Waals surface area contributed by atoms with Crippen molar-refractivity contribution in [3.63, 3.8) is 0 Å². The lowest BCUT2D eigenvalue weighted by Crippen LogP contribution is -2.35. The largest absolute Gasteiger partial charge is 0.305 e. The summed E-state index contributed by atoms with van der Waals surface area (Å²) in [5.41, 5.74) is 1.21. The van der Waals surface area contributed by atoms with Gasteiger partial charge in [0.2, 0.25) is 0 Å². The zero-order valence-corrected chi connectivity index (χ0v) is 11.4. The van der Waals surface area contributed by atoms with Gasteiger partial charge in [-0.3, -0.25) is 0 Å². The number of halogens is 1. The first-order valence-electron chi connectivity index (χ1n) is 5.34. The molecule has 2 heterocycles. The number of imidazole rings is 1. The average Bonchev–Trinajstić information content (AvgIpc) is 2.53. The number of pyridine rings is 1. The Hall–Kier alpha value is -0.870. The predicted molar refractivity (Wildman–Crippen MR) is 69.5 cm³/mol. The fraction of sp³-hybridized carbons (Fsp3) is 0.417. The highest BCUT2D eigenvalue weighted by molar-refractivity contribution is 9.10. The maximum absolute atomic E-state index is 4.51. The zero-order valence-electron chi connectivity index (χ0n) is 9.79. The lowest BCUT2D eigenvalue weighted by molar-refractivity contribution is 0.417. The molecule has 2 aromatic heterocycles. The van der Waals surface area contributed by atoms with Gasteiger partial charge in [0.1, 0.15) is 10.4 Å². The molecule has 2 aromatic rings. The third-order valence-electron chi connectivity index (χ3n) is 2.35. The van der Waals surface area contributed by atoms with E-state index in [0.29, 0.717) is 0 Å². The molecule has 0 aliphatic heterocycles. The Balaban J connectivity index is 2.31. The Kier molecular flexibility index (Phi) is 3.04. The molecule has 16 heavy (non-hydrogen) atoms. The molecule has 0 saturated carbocycles. The van der Waals surface area contributed by atoms with E-state index in [-0.39, 0.29) is 5.54 Å². The van der Waals surface area contributed by atoms with Crippen molar-refractivity contribution in [3.05, 3.63) is 34.8 Å². The van der Waals surface area contributed by atoms with Crippen LogP contribution < -0.4 is 5.32 Å². The normalized spacial score (nSPS) is 12.2. The minimum atomic E-state index is 0.104. The number of nitrogens with one attached hydrogen (secondary N) is 1. The van der Waals surface area contributed by atoms with Gasteiger partial charge in [0.15, 0.2) is 0 Å². The van der Waals surface area contributed by atoms with Gasteiger partial charge < -0.3 is 9.72 Å². The molecule has 0 aliphatic rings. The summed E-state index contributed by atoms with van der Waals surface area (Å²) in [6.45, 7) is 7.22. The summed E-state index contributed by atoms with van der Waals surface area (Å²) >= 11 is 3.48. The second-order valence-corrected chi connectivity index (χ2v) is 5.63. The van der Waals surface area contributed by atoms with Gasteiger partial charge in [-0.1, -0.05) is 6.07 Å². The highest BCUT2D eigenvalue weighted by Gasteiger charge is 2.12. The fourth-order valence-electron chi connectivity index (χ4n) is 1.53. The number of aromatic nitrogens is 2. The maximum atomic E-state index is 4.51. The Morgan fingerprint density at radius 1 is 1.38 bits per heavy atom. The monoisotopic (exact) mass is 281 g/mol. The van der Waals surface area contributed by atoms with Gasteiger partial charge in [0.05, 0.1) is 12.1 Å². The van der Waals surface area contributed by atoms with Crippen LogP contribution in [-0.4, -0.2) is 14.9 Å².